The van der Waals surface area contributed by atoms with Crippen molar-refractivity contribution in [2.45, 2.75) is 12.5 Å². The van der Waals surface area contributed by atoms with Gasteiger partial charge in [0.05, 0.1) is 6.61 Å². The highest BCUT2D eigenvalue weighted by atomic mass is 19.1. The second-order valence-electron chi connectivity index (χ2n) is 2.96. The van der Waals surface area contributed by atoms with E-state index in [2.05, 4.69) is 0 Å². The van der Waals surface area contributed by atoms with Crippen LogP contribution < -0.4 is 4.74 Å². The molecule has 0 fully saturated rings. The van der Waals surface area contributed by atoms with Crippen LogP contribution in [0.5, 0.6) is 5.75 Å². The highest BCUT2D eigenvalue weighted by Crippen LogP contribution is 2.33. The van der Waals surface area contributed by atoms with Gasteiger partial charge in [0.25, 0.3) is 0 Å². The minimum absolute atomic E-state index is 0.0564. The highest BCUT2D eigenvalue weighted by Gasteiger charge is 2.27. The Morgan fingerprint density at radius 2 is 2.08 bits per heavy atom. The van der Waals surface area contributed by atoms with E-state index in [1.54, 1.807) is 0 Å². The van der Waals surface area contributed by atoms with E-state index in [-0.39, 0.29) is 24.3 Å². The Balaban J connectivity index is 2.43. The first-order valence-electron chi connectivity index (χ1n) is 3.96. The summed E-state index contributed by atoms with van der Waals surface area (Å²) in [6, 6.07) is 2.09. The molecule has 1 aromatic carbocycles. The minimum Gasteiger partial charge on any atom is -0.484 e. The molecule has 1 heterocycles. The highest BCUT2D eigenvalue weighted by molar-refractivity contribution is 5.39. The van der Waals surface area contributed by atoms with Crippen molar-refractivity contribution in [1.29, 1.82) is 0 Å². The van der Waals surface area contributed by atoms with Crippen LogP contribution in [0, 0.1) is 11.6 Å². The molecule has 0 aliphatic carbocycles. The quantitative estimate of drug-likeness (QED) is 0.715. The van der Waals surface area contributed by atoms with E-state index in [9.17, 15) is 8.78 Å². The van der Waals surface area contributed by atoms with Crippen LogP contribution in [0.3, 0.4) is 0 Å². The molecule has 1 N–H and O–H groups in total. The first-order chi connectivity index (χ1) is 6.22. The van der Waals surface area contributed by atoms with Gasteiger partial charge in [0, 0.05) is 12.0 Å². The van der Waals surface area contributed by atoms with Crippen LogP contribution in [0.1, 0.15) is 5.56 Å². The van der Waals surface area contributed by atoms with E-state index in [0.717, 1.165) is 12.1 Å². The van der Waals surface area contributed by atoms with E-state index < -0.39 is 17.7 Å². The lowest BCUT2D eigenvalue weighted by Crippen LogP contribution is -2.17. The van der Waals surface area contributed by atoms with Gasteiger partial charge in [-0.15, -0.1) is 0 Å². The van der Waals surface area contributed by atoms with Crippen molar-refractivity contribution in [1.82, 2.24) is 0 Å². The summed E-state index contributed by atoms with van der Waals surface area (Å²) in [6.07, 6.45) is -0.281. The normalized spacial score (nSPS) is 19.8. The standard InChI is InChI=1S/C9H8F2O2/c10-7-1-2-8(11)9-6(7)3-5(4-12)13-9/h1-2,5,12H,3-4H2. The lowest BCUT2D eigenvalue weighted by molar-refractivity contribution is 0.131. The summed E-state index contributed by atoms with van der Waals surface area (Å²) in [5.74, 6) is -1.11. The van der Waals surface area contributed by atoms with Gasteiger partial charge < -0.3 is 9.84 Å². The Labute approximate surface area is 73.8 Å². The topological polar surface area (TPSA) is 29.5 Å². The maximum absolute atomic E-state index is 13.1. The molecule has 2 rings (SSSR count). The van der Waals surface area contributed by atoms with Crippen molar-refractivity contribution in [3.8, 4) is 5.75 Å². The molecule has 0 radical (unpaired) electrons. The van der Waals surface area contributed by atoms with Crippen LogP contribution in [0.2, 0.25) is 0 Å². The molecule has 1 aromatic rings. The molecule has 0 amide bonds. The molecule has 0 aromatic heterocycles. The smallest absolute Gasteiger partial charge is 0.165 e. The maximum atomic E-state index is 13.1. The molecule has 1 unspecified atom stereocenters. The number of ether oxygens (including phenoxy) is 1. The average Bonchev–Trinajstić information content (AvgIpc) is 2.56. The third kappa shape index (κ3) is 1.27. The number of hydrogen-bond donors (Lipinski definition) is 1. The molecule has 13 heavy (non-hydrogen) atoms. The average molecular weight is 186 g/mol. The van der Waals surface area contributed by atoms with Crippen LogP contribution in [0.25, 0.3) is 0 Å². The fraction of sp³-hybridized carbons (Fsp3) is 0.333. The van der Waals surface area contributed by atoms with E-state index in [1.807, 2.05) is 0 Å². The summed E-state index contributed by atoms with van der Waals surface area (Å²) in [6.45, 7) is -0.229. The molecular weight excluding hydrogens is 178 g/mol. The largest absolute Gasteiger partial charge is 0.484 e. The van der Waals surface area contributed by atoms with Crippen LogP contribution in [0.4, 0.5) is 8.78 Å². The molecule has 2 nitrogen and oxygen atoms in total. The Kier molecular flexibility index (Phi) is 1.92. The molecule has 0 saturated carbocycles. The van der Waals surface area contributed by atoms with Crippen molar-refractivity contribution in [2.75, 3.05) is 6.61 Å². The molecule has 0 spiro atoms. The molecular formula is C9H8F2O2. The fourth-order valence-electron chi connectivity index (χ4n) is 1.43. The van der Waals surface area contributed by atoms with Crippen LogP contribution in [-0.2, 0) is 6.42 Å². The number of benzene rings is 1. The second-order valence-corrected chi connectivity index (χ2v) is 2.96. The summed E-state index contributed by atoms with van der Waals surface area (Å²) >= 11 is 0. The van der Waals surface area contributed by atoms with Gasteiger partial charge in [0.15, 0.2) is 11.6 Å². The minimum atomic E-state index is -0.577. The van der Waals surface area contributed by atoms with Crippen molar-refractivity contribution < 1.29 is 18.6 Å². The molecule has 70 valence electrons. The molecule has 1 atom stereocenters. The van der Waals surface area contributed by atoms with Crippen molar-refractivity contribution in [3.63, 3.8) is 0 Å². The number of rotatable bonds is 1. The van der Waals surface area contributed by atoms with Crippen molar-refractivity contribution in [2.24, 2.45) is 0 Å². The zero-order valence-electron chi connectivity index (χ0n) is 6.76. The summed E-state index contributed by atoms with van der Waals surface area (Å²) in [5.41, 5.74) is 0.221. The van der Waals surface area contributed by atoms with Gasteiger partial charge in [-0.3, -0.25) is 0 Å². The zero-order chi connectivity index (χ0) is 9.42. The van der Waals surface area contributed by atoms with Gasteiger partial charge in [-0.05, 0) is 12.1 Å². The Morgan fingerprint density at radius 1 is 1.38 bits per heavy atom. The number of fused-ring (bicyclic) bond motifs is 1. The lowest BCUT2D eigenvalue weighted by Gasteiger charge is -2.05. The molecule has 1 aliphatic heterocycles. The third-order valence-corrected chi connectivity index (χ3v) is 2.08. The van der Waals surface area contributed by atoms with Gasteiger partial charge in [0.2, 0.25) is 0 Å². The van der Waals surface area contributed by atoms with Gasteiger partial charge in [-0.2, -0.15) is 0 Å². The van der Waals surface area contributed by atoms with E-state index in [0.29, 0.717) is 0 Å². The summed E-state index contributed by atoms with van der Waals surface area (Å²) in [4.78, 5) is 0. The number of hydrogen-bond acceptors (Lipinski definition) is 2. The molecule has 0 bridgehead atoms. The SMILES string of the molecule is OCC1Cc2c(F)ccc(F)c2O1. The Hall–Kier alpha value is -1.16. The number of halogens is 2. The zero-order valence-corrected chi connectivity index (χ0v) is 6.76. The fourth-order valence-corrected chi connectivity index (χ4v) is 1.43. The third-order valence-electron chi connectivity index (χ3n) is 2.08. The number of aliphatic hydroxyl groups excluding tert-OH is 1. The predicted octanol–water partition coefficient (Wildman–Crippen LogP) is 1.26. The monoisotopic (exact) mass is 186 g/mol. The van der Waals surface area contributed by atoms with Gasteiger partial charge in [-0.25, -0.2) is 8.78 Å². The number of aliphatic hydroxyl groups is 1. The molecule has 4 heteroatoms. The lowest BCUT2D eigenvalue weighted by atomic mass is 10.1. The summed E-state index contributed by atoms with van der Waals surface area (Å²) in [5, 5.41) is 8.75. The van der Waals surface area contributed by atoms with E-state index >= 15 is 0 Å². The Bertz CT molecular complexity index is 308. The van der Waals surface area contributed by atoms with Gasteiger partial charge in [0.1, 0.15) is 11.9 Å². The molecule has 1 aliphatic rings. The first-order valence-corrected chi connectivity index (χ1v) is 3.96. The van der Waals surface area contributed by atoms with Crippen LogP contribution in [-0.4, -0.2) is 17.8 Å². The molecule has 0 saturated heterocycles. The van der Waals surface area contributed by atoms with Crippen molar-refractivity contribution >= 4 is 0 Å². The Morgan fingerprint density at radius 3 is 2.69 bits per heavy atom. The van der Waals surface area contributed by atoms with E-state index in [1.165, 1.54) is 0 Å². The van der Waals surface area contributed by atoms with Crippen LogP contribution >= 0.6 is 0 Å². The first kappa shape index (κ1) is 8.44. The second kappa shape index (κ2) is 2.96. The summed E-state index contributed by atoms with van der Waals surface area (Å²) in [7, 11) is 0. The van der Waals surface area contributed by atoms with Crippen molar-refractivity contribution in [3.05, 3.63) is 29.3 Å². The van der Waals surface area contributed by atoms with Gasteiger partial charge in [-0.1, -0.05) is 0 Å². The maximum Gasteiger partial charge on any atom is 0.165 e. The van der Waals surface area contributed by atoms with Crippen LogP contribution in [0.15, 0.2) is 12.1 Å². The predicted molar refractivity (Wildman–Crippen MR) is 41.6 cm³/mol. The van der Waals surface area contributed by atoms with E-state index in [4.69, 9.17) is 9.84 Å². The summed E-state index contributed by atoms with van der Waals surface area (Å²) < 4.78 is 31.1. The van der Waals surface area contributed by atoms with Gasteiger partial charge >= 0.3 is 0 Å².